The maximum Gasteiger partial charge on any atom is 0.350 e. The van der Waals surface area contributed by atoms with Crippen molar-refractivity contribution in [1.82, 2.24) is 19.7 Å². The second-order valence-corrected chi connectivity index (χ2v) is 4.31. The lowest BCUT2D eigenvalue weighted by atomic mass is 10.3. The van der Waals surface area contributed by atoms with Crippen LogP contribution in [0.25, 0.3) is 11.5 Å². The first-order chi connectivity index (χ1) is 7.63. The molecule has 7 heteroatoms. The molecule has 16 heavy (non-hydrogen) atoms. The Bertz CT molecular complexity index is 531. The molecule has 0 spiro atoms. The van der Waals surface area contributed by atoms with Gasteiger partial charge in [-0.2, -0.15) is 5.10 Å². The molecule has 2 aromatic heterocycles. The summed E-state index contributed by atoms with van der Waals surface area (Å²) < 4.78 is 6.27. The predicted octanol–water partition coefficient (Wildman–Crippen LogP) is 1.03. The maximum atomic E-state index is 11.5. The van der Waals surface area contributed by atoms with Gasteiger partial charge in [0, 0.05) is 7.05 Å². The smallest absolute Gasteiger partial charge is 0.350 e. The Balaban J connectivity index is 2.57. The van der Waals surface area contributed by atoms with Gasteiger partial charge in [-0.05, 0) is 6.92 Å². The number of methoxy groups -OCH3 is 1. The normalized spacial score (nSPS) is 10.4. The Labute approximate surface area is 95.9 Å². The van der Waals surface area contributed by atoms with Gasteiger partial charge in [0.1, 0.15) is 16.9 Å². The minimum Gasteiger partial charge on any atom is -0.465 e. The first-order valence-electron chi connectivity index (χ1n) is 4.53. The molecule has 0 unspecified atom stereocenters. The van der Waals surface area contributed by atoms with Gasteiger partial charge in [0.05, 0.1) is 12.1 Å². The summed E-state index contributed by atoms with van der Waals surface area (Å²) in [5.41, 5.74) is 0.523. The molecule has 84 valence electrons. The molecular formula is C9H10N4O2S. The zero-order valence-corrected chi connectivity index (χ0v) is 9.91. The van der Waals surface area contributed by atoms with Gasteiger partial charge in [0.2, 0.25) is 0 Å². The minimum atomic E-state index is -0.399. The molecule has 2 heterocycles. The van der Waals surface area contributed by atoms with Crippen LogP contribution in [0.5, 0.6) is 0 Å². The summed E-state index contributed by atoms with van der Waals surface area (Å²) in [5, 5.41) is 4.74. The number of carbonyl (C=O) groups is 1. The summed E-state index contributed by atoms with van der Waals surface area (Å²) in [5.74, 6) is 0.161. The first kappa shape index (κ1) is 10.7. The van der Waals surface area contributed by atoms with Crippen LogP contribution >= 0.6 is 11.3 Å². The largest absolute Gasteiger partial charge is 0.465 e. The van der Waals surface area contributed by atoms with Gasteiger partial charge in [-0.15, -0.1) is 11.3 Å². The lowest BCUT2D eigenvalue weighted by molar-refractivity contribution is 0.0607. The van der Waals surface area contributed by atoms with Crippen LogP contribution in [0.1, 0.15) is 14.7 Å². The SMILES string of the molecule is COC(=O)c1sc(C)nc1-c1ncnn1C. The molecule has 0 bridgehead atoms. The average molecular weight is 238 g/mol. The van der Waals surface area contributed by atoms with E-state index in [4.69, 9.17) is 4.74 Å². The van der Waals surface area contributed by atoms with Crippen LogP contribution < -0.4 is 0 Å². The van der Waals surface area contributed by atoms with Crippen LogP contribution in [0, 0.1) is 6.92 Å². The molecular weight excluding hydrogens is 228 g/mol. The van der Waals surface area contributed by atoms with E-state index in [1.807, 2.05) is 6.92 Å². The van der Waals surface area contributed by atoms with Crippen molar-refractivity contribution in [2.24, 2.45) is 7.05 Å². The third kappa shape index (κ3) is 1.69. The third-order valence-corrected chi connectivity index (χ3v) is 2.98. The summed E-state index contributed by atoms with van der Waals surface area (Å²) in [6, 6.07) is 0. The molecule has 0 aliphatic carbocycles. The molecule has 0 atom stereocenters. The van der Waals surface area contributed by atoms with Gasteiger partial charge in [-0.25, -0.2) is 19.4 Å². The molecule has 0 saturated heterocycles. The Morgan fingerprint density at radius 3 is 2.88 bits per heavy atom. The van der Waals surface area contributed by atoms with Crippen LogP contribution in [0.15, 0.2) is 6.33 Å². The van der Waals surface area contributed by atoms with E-state index >= 15 is 0 Å². The highest BCUT2D eigenvalue weighted by molar-refractivity contribution is 7.14. The van der Waals surface area contributed by atoms with Gasteiger partial charge in [0.25, 0.3) is 0 Å². The monoisotopic (exact) mass is 238 g/mol. The van der Waals surface area contributed by atoms with E-state index < -0.39 is 5.97 Å². The lowest BCUT2D eigenvalue weighted by Crippen LogP contribution is -2.03. The molecule has 0 aliphatic rings. The highest BCUT2D eigenvalue weighted by Crippen LogP contribution is 2.26. The lowest BCUT2D eigenvalue weighted by Gasteiger charge is -1.99. The third-order valence-electron chi connectivity index (χ3n) is 2.03. The molecule has 0 aliphatic heterocycles. The van der Waals surface area contributed by atoms with Crippen LogP contribution in [0.4, 0.5) is 0 Å². The number of nitrogens with zero attached hydrogens (tertiary/aromatic N) is 4. The van der Waals surface area contributed by atoms with Crippen LogP contribution in [0.2, 0.25) is 0 Å². The Hall–Kier alpha value is -1.76. The van der Waals surface area contributed by atoms with E-state index in [2.05, 4.69) is 15.1 Å². The van der Waals surface area contributed by atoms with Crippen molar-refractivity contribution in [2.45, 2.75) is 6.92 Å². The fourth-order valence-corrected chi connectivity index (χ4v) is 2.15. The molecule has 6 nitrogen and oxygen atoms in total. The van der Waals surface area contributed by atoms with Crippen LogP contribution in [-0.2, 0) is 11.8 Å². The van der Waals surface area contributed by atoms with Crippen molar-refractivity contribution in [3.8, 4) is 11.5 Å². The number of esters is 1. The summed E-state index contributed by atoms with van der Waals surface area (Å²) in [4.78, 5) is 20.3. The van der Waals surface area contributed by atoms with Gasteiger partial charge in [-0.1, -0.05) is 0 Å². The summed E-state index contributed by atoms with van der Waals surface area (Å²) in [6.45, 7) is 1.83. The van der Waals surface area contributed by atoms with Crippen LogP contribution in [0.3, 0.4) is 0 Å². The van der Waals surface area contributed by atoms with E-state index in [1.54, 1.807) is 11.7 Å². The van der Waals surface area contributed by atoms with Crippen molar-refractivity contribution in [3.63, 3.8) is 0 Å². The maximum absolute atomic E-state index is 11.5. The zero-order valence-electron chi connectivity index (χ0n) is 9.09. The highest BCUT2D eigenvalue weighted by atomic mass is 32.1. The summed E-state index contributed by atoms with van der Waals surface area (Å²) in [7, 11) is 3.09. The van der Waals surface area contributed by atoms with Crippen LogP contribution in [-0.4, -0.2) is 32.8 Å². The Morgan fingerprint density at radius 1 is 1.56 bits per heavy atom. The number of rotatable bonds is 2. The van der Waals surface area contributed by atoms with E-state index in [9.17, 15) is 4.79 Å². The van der Waals surface area contributed by atoms with Crippen molar-refractivity contribution >= 4 is 17.3 Å². The van der Waals surface area contributed by atoms with Gasteiger partial charge < -0.3 is 4.74 Å². The van der Waals surface area contributed by atoms with Gasteiger partial charge in [0.15, 0.2) is 5.82 Å². The molecule has 2 rings (SSSR count). The first-order valence-corrected chi connectivity index (χ1v) is 5.35. The van der Waals surface area contributed by atoms with E-state index in [1.165, 1.54) is 24.8 Å². The summed E-state index contributed by atoms with van der Waals surface area (Å²) >= 11 is 1.29. The van der Waals surface area contributed by atoms with Gasteiger partial charge in [-0.3, -0.25) is 0 Å². The molecule has 0 fully saturated rings. The van der Waals surface area contributed by atoms with E-state index in [0.29, 0.717) is 16.4 Å². The molecule has 0 saturated carbocycles. The number of ether oxygens (including phenoxy) is 1. The van der Waals surface area contributed by atoms with Gasteiger partial charge >= 0.3 is 5.97 Å². The molecule has 0 radical (unpaired) electrons. The Kier molecular flexibility index (Phi) is 2.69. The topological polar surface area (TPSA) is 69.9 Å². The van der Waals surface area contributed by atoms with E-state index in [-0.39, 0.29) is 0 Å². The standard InChI is InChI=1S/C9H10N4O2S/c1-5-12-6(7(16-5)9(14)15-3)8-10-4-11-13(8)2/h4H,1-3H3. The van der Waals surface area contributed by atoms with Crippen molar-refractivity contribution in [2.75, 3.05) is 7.11 Å². The molecule has 2 aromatic rings. The second kappa shape index (κ2) is 4.01. The fraction of sp³-hybridized carbons (Fsp3) is 0.333. The predicted molar refractivity (Wildman–Crippen MR) is 58.2 cm³/mol. The quantitative estimate of drug-likeness (QED) is 0.731. The van der Waals surface area contributed by atoms with E-state index in [0.717, 1.165) is 5.01 Å². The molecule has 0 aromatic carbocycles. The number of aryl methyl sites for hydroxylation is 2. The minimum absolute atomic E-state index is 0.399. The second-order valence-electron chi connectivity index (χ2n) is 3.11. The Morgan fingerprint density at radius 2 is 2.31 bits per heavy atom. The number of hydrogen-bond acceptors (Lipinski definition) is 6. The number of carbonyl (C=O) groups excluding carboxylic acids is 1. The highest BCUT2D eigenvalue weighted by Gasteiger charge is 2.21. The number of hydrogen-bond donors (Lipinski definition) is 0. The van der Waals surface area contributed by atoms with Crippen molar-refractivity contribution in [3.05, 3.63) is 16.2 Å². The molecule has 0 amide bonds. The molecule has 0 N–H and O–H groups in total. The zero-order chi connectivity index (χ0) is 11.7. The van der Waals surface area contributed by atoms with Crippen molar-refractivity contribution < 1.29 is 9.53 Å². The summed E-state index contributed by atoms with van der Waals surface area (Å²) in [6.07, 6.45) is 1.42. The fourth-order valence-electron chi connectivity index (χ4n) is 1.32. The van der Waals surface area contributed by atoms with Crippen molar-refractivity contribution in [1.29, 1.82) is 0 Å². The number of aromatic nitrogens is 4. The number of thiazole rings is 1. The average Bonchev–Trinajstić information content (AvgIpc) is 2.83.